The zero-order chi connectivity index (χ0) is 20.1. The Balaban J connectivity index is 1.36. The van der Waals surface area contributed by atoms with Crippen molar-refractivity contribution < 1.29 is 13.9 Å². The lowest BCUT2D eigenvalue weighted by Crippen LogP contribution is -2.12. The number of hydrogen-bond acceptors (Lipinski definition) is 2. The third kappa shape index (κ3) is 4.90. The molecule has 0 radical (unpaired) electrons. The molecule has 4 nitrogen and oxygen atoms in total. The summed E-state index contributed by atoms with van der Waals surface area (Å²) in [5.41, 5.74) is 3.39. The minimum atomic E-state index is -0.313. The summed E-state index contributed by atoms with van der Waals surface area (Å²) < 4.78 is 18.6. The molecule has 0 aliphatic carbocycles. The van der Waals surface area contributed by atoms with Crippen molar-refractivity contribution in [1.29, 1.82) is 0 Å². The van der Waals surface area contributed by atoms with Gasteiger partial charge >= 0.3 is 0 Å². The van der Waals surface area contributed by atoms with Crippen molar-refractivity contribution in [1.82, 2.24) is 4.98 Å². The van der Waals surface area contributed by atoms with Crippen LogP contribution < -0.4 is 10.1 Å². The fraction of sp³-hybridized carbons (Fsp3) is 0.0417. The molecule has 0 aliphatic heterocycles. The summed E-state index contributed by atoms with van der Waals surface area (Å²) in [7, 11) is 0. The van der Waals surface area contributed by atoms with Crippen molar-refractivity contribution in [2.75, 3.05) is 5.32 Å². The first-order chi connectivity index (χ1) is 14.2. The summed E-state index contributed by atoms with van der Waals surface area (Å²) in [6.45, 7) is 0. The summed E-state index contributed by atoms with van der Waals surface area (Å²) in [6.07, 6.45) is 2.61. The molecule has 1 aromatic heterocycles. The van der Waals surface area contributed by atoms with Gasteiger partial charge in [-0.05, 0) is 72.1 Å². The van der Waals surface area contributed by atoms with E-state index in [1.165, 1.54) is 17.7 Å². The Labute approximate surface area is 168 Å². The smallest absolute Gasteiger partial charge is 0.272 e. The maximum atomic E-state index is 13.0. The van der Waals surface area contributed by atoms with Crippen molar-refractivity contribution in [3.8, 4) is 11.5 Å². The Bertz CT molecular complexity index is 1090. The number of rotatable bonds is 6. The number of halogens is 1. The van der Waals surface area contributed by atoms with Crippen LogP contribution in [0.15, 0.2) is 91.1 Å². The van der Waals surface area contributed by atoms with Gasteiger partial charge in [0.05, 0.1) is 0 Å². The SMILES string of the molecule is O=C(Nc1ccc(Oc2ccc(F)cc2)cc1)c1cc(Cc2ccccc2)c[nH]1. The van der Waals surface area contributed by atoms with Gasteiger partial charge in [-0.2, -0.15) is 0 Å². The molecule has 3 aromatic carbocycles. The second-order valence-corrected chi connectivity index (χ2v) is 6.62. The van der Waals surface area contributed by atoms with Gasteiger partial charge in [0, 0.05) is 11.9 Å². The first kappa shape index (κ1) is 18.5. The number of ether oxygens (including phenoxy) is 1. The van der Waals surface area contributed by atoms with Crippen molar-refractivity contribution >= 4 is 11.6 Å². The van der Waals surface area contributed by atoms with Crippen LogP contribution in [-0.2, 0) is 6.42 Å². The van der Waals surface area contributed by atoms with E-state index in [1.54, 1.807) is 36.4 Å². The van der Waals surface area contributed by atoms with Crippen LogP contribution in [0, 0.1) is 5.82 Å². The number of aromatic nitrogens is 1. The molecule has 2 N–H and O–H groups in total. The molecule has 0 unspecified atom stereocenters. The highest BCUT2D eigenvalue weighted by atomic mass is 19.1. The average Bonchev–Trinajstić information content (AvgIpc) is 3.21. The minimum absolute atomic E-state index is 0.212. The van der Waals surface area contributed by atoms with Gasteiger partial charge in [0.2, 0.25) is 0 Å². The molecule has 5 heteroatoms. The van der Waals surface area contributed by atoms with Crippen LogP contribution in [0.25, 0.3) is 0 Å². The average molecular weight is 386 g/mol. The first-order valence-corrected chi connectivity index (χ1v) is 9.22. The molecule has 1 heterocycles. The van der Waals surface area contributed by atoms with E-state index in [1.807, 2.05) is 30.5 Å². The number of carbonyl (C=O) groups is 1. The van der Waals surface area contributed by atoms with Crippen LogP contribution in [0.2, 0.25) is 0 Å². The fourth-order valence-electron chi connectivity index (χ4n) is 2.95. The first-order valence-electron chi connectivity index (χ1n) is 9.22. The molecule has 0 saturated heterocycles. The summed E-state index contributed by atoms with van der Waals surface area (Å²) in [5.74, 6) is 0.614. The largest absolute Gasteiger partial charge is 0.457 e. The van der Waals surface area contributed by atoms with Gasteiger partial charge in [-0.3, -0.25) is 4.79 Å². The quantitative estimate of drug-likeness (QED) is 0.441. The molecular formula is C24H19FN2O2. The summed E-state index contributed by atoms with van der Waals surface area (Å²) in [5, 5.41) is 2.86. The van der Waals surface area contributed by atoms with Crippen LogP contribution in [0.4, 0.5) is 10.1 Å². The van der Waals surface area contributed by atoms with Gasteiger partial charge in [-0.15, -0.1) is 0 Å². The second-order valence-electron chi connectivity index (χ2n) is 6.62. The van der Waals surface area contributed by atoms with Crippen LogP contribution >= 0.6 is 0 Å². The molecule has 144 valence electrons. The molecule has 29 heavy (non-hydrogen) atoms. The number of amides is 1. The normalized spacial score (nSPS) is 10.5. The zero-order valence-corrected chi connectivity index (χ0v) is 15.6. The maximum Gasteiger partial charge on any atom is 0.272 e. The lowest BCUT2D eigenvalue weighted by molar-refractivity contribution is 0.102. The monoisotopic (exact) mass is 386 g/mol. The Morgan fingerprint density at radius 1 is 0.862 bits per heavy atom. The van der Waals surface area contributed by atoms with Crippen molar-refractivity contribution in [3.63, 3.8) is 0 Å². The third-order valence-electron chi connectivity index (χ3n) is 4.40. The second kappa shape index (κ2) is 8.44. The Kier molecular flexibility index (Phi) is 5.38. The Hall–Kier alpha value is -3.86. The van der Waals surface area contributed by atoms with Gasteiger partial charge in [-0.25, -0.2) is 4.39 Å². The van der Waals surface area contributed by atoms with Gasteiger partial charge in [0.1, 0.15) is 23.0 Å². The van der Waals surface area contributed by atoms with E-state index < -0.39 is 0 Å². The number of carbonyl (C=O) groups excluding carboxylic acids is 1. The number of aromatic amines is 1. The number of anilines is 1. The number of hydrogen-bond donors (Lipinski definition) is 2. The van der Waals surface area contributed by atoms with E-state index in [0.717, 1.165) is 12.0 Å². The Morgan fingerprint density at radius 3 is 2.21 bits per heavy atom. The molecule has 1 amide bonds. The molecule has 0 fully saturated rings. The van der Waals surface area contributed by atoms with E-state index in [0.29, 0.717) is 22.9 Å². The standard InChI is InChI=1S/C24H19FN2O2/c25-19-6-10-21(11-7-19)29-22-12-8-20(9-13-22)27-24(28)23-15-18(16-26-23)14-17-4-2-1-3-5-17/h1-13,15-16,26H,14H2,(H,27,28). The highest BCUT2D eigenvalue weighted by molar-refractivity contribution is 6.03. The van der Waals surface area contributed by atoms with E-state index in [4.69, 9.17) is 4.74 Å². The van der Waals surface area contributed by atoms with E-state index in [-0.39, 0.29) is 11.7 Å². The summed E-state index contributed by atoms with van der Waals surface area (Å²) >= 11 is 0. The van der Waals surface area contributed by atoms with Gasteiger partial charge in [0.15, 0.2) is 0 Å². The summed E-state index contributed by atoms with van der Waals surface area (Å²) in [6, 6.07) is 24.7. The van der Waals surface area contributed by atoms with Gasteiger partial charge < -0.3 is 15.0 Å². The molecule has 0 atom stereocenters. The molecule has 0 spiro atoms. The van der Waals surface area contributed by atoms with Crippen LogP contribution in [0.5, 0.6) is 11.5 Å². The zero-order valence-electron chi connectivity index (χ0n) is 15.6. The van der Waals surface area contributed by atoms with Crippen molar-refractivity contribution in [2.45, 2.75) is 6.42 Å². The predicted molar refractivity (Wildman–Crippen MR) is 111 cm³/mol. The predicted octanol–water partition coefficient (Wildman–Crippen LogP) is 5.79. The highest BCUT2D eigenvalue weighted by Crippen LogP contribution is 2.23. The van der Waals surface area contributed by atoms with Crippen molar-refractivity contribution in [2.24, 2.45) is 0 Å². The fourth-order valence-corrected chi connectivity index (χ4v) is 2.95. The number of nitrogens with one attached hydrogen (secondary N) is 2. The molecule has 0 saturated carbocycles. The van der Waals surface area contributed by atoms with Gasteiger partial charge in [-0.1, -0.05) is 30.3 Å². The highest BCUT2D eigenvalue weighted by Gasteiger charge is 2.10. The third-order valence-corrected chi connectivity index (χ3v) is 4.40. The van der Waals surface area contributed by atoms with Gasteiger partial charge in [0.25, 0.3) is 5.91 Å². The van der Waals surface area contributed by atoms with Crippen molar-refractivity contribution in [3.05, 3.63) is 114 Å². The molecule has 0 aliphatic rings. The van der Waals surface area contributed by atoms with Crippen LogP contribution in [0.3, 0.4) is 0 Å². The number of benzene rings is 3. The topological polar surface area (TPSA) is 54.1 Å². The van der Waals surface area contributed by atoms with E-state index >= 15 is 0 Å². The number of H-pyrrole nitrogens is 1. The maximum absolute atomic E-state index is 13.0. The Morgan fingerprint density at radius 2 is 1.52 bits per heavy atom. The van der Waals surface area contributed by atoms with E-state index in [9.17, 15) is 9.18 Å². The lowest BCUT2D eigenvalue weighted by Gasteiger charge is -2.07. The minimum Gasteiger partial charge on any atom is -0.457 e. The van der Waals surface area contributed by atoms with Crippen LogP contribution in [0.1, 0.15) is 21.6 Å². The molecule has 4 rings (SSSR count). The molecule has 4 aromatic rings. The van der Waals surface area contributed by atoms with E-state index in [2.05, 4.69) is 22.4 Å². The summed E-state index contributed by atoms with van der Waals surface area (Å²) in [4.78, 5) is 15.5. The molecule has 0 bridgehead atoms. The molecular weight excluding hydrogens is 367 g/mol. The van der Waals surface area contributed by atoms with Crippen LogP contribution in [-0.4, -0.2) is 10.9 Å². The lowest BCUT2D eigenvalue weighted by atomic mass is 10.1.